The summed E-state index contributed by atoms with van der Waals surface area (Å²) in [5, 5.41) is 3.56. The van der Waals surface area contributed by atoms with Crippen LogP contribution >= 0.6 is 11.8 Å². The Morgan fingerprint density at radius 2 is 2.33 bits per heavy atom. The lowest BCUT2D eigenvalue weighted by Gasteiger charge is -2.31. The molecule has 0 saturated carbocycles. The van der Waals surface area contributed by atoms with Crippen molar-refractivity contribution in [3.05, 3.63) is 0 Å². The highest BCUT2D eigenvalue weighted by Crippen LogP contribution is 2.25. The van der Waals surface area contributed by atoms with Crippen LogP contribution in [0.1, 0.15) is 12.8 Å². The van der Waals surface area contributed by atoms with Crippen molar-refractivity contribution in [3.63, 3.8) is 0 Å². The van der Waals surface area contributed by atoms with E-state index in [1.807, 2.05) is 16.7 Å². The number of likely N-dealkylation sites (N-methyl/N-ethyl adjacent to an activating group) is 1. The maximum Gasteiger partial charge on any atom is 0.236 e. The van der Waals surface area contributed by atoms with Crippen LogP contribution in [0.25, 0.3) is 0 Å². The summed E-state index contributed by atoms with van der Waals surface area (Å²) < 4.78 is 0. The second-order valence-electron chi connectivity index (χ2n) is 4.97. The Morgan fingerprint density at radius 3 is 3.00 bits per heavy atom. The molecule has 6 heteroatoms. The molecule has 0 aromatic heterocycles. The van der Waals surface area contributed by atoms with Crippen molar-refractivity contribution in [1.29, 1.82) is 0 Å². The fourth-order valence-corrected chi connectivity index (χ4v) is 3.44. The van der Waals surface area contributed by atoms with Gasteiger partial charge in [-0.3, -0.25) is 14.5 Å². The number of carbonyl (C=O) groups is 2. The van der Waals surface area contributed by atoms with E-state index in [1.165, 1.54) is 18.6 Å². The zero-order valence-electron chi connectivity index (χ0n) is 10.9. The molecule has 0 spiro atoms. The van der Waals surface area contributed by atoms with Gasteiger partial charge in [0.2, 0.25) is 11.8 Å². The van der Waals surface area contributed by atoms with Crippen LogP contribution < -0.4 is 5.32 Å². The van der Waals surface area contributed by atoms with Gasteiger partial charge in [-0.15, -0.1) is 0 Å². The number of amides is 2. The topological polar surface area (TPSA) is 52.6 Å². The highest BCUT2D eigenvalue weighted by molar-refractivity contribution is 8.00. The summed E-state index contributed by atoms with van der Waals surface area (Å²) in [5.41, 5.74) is 0. The average Bonchev–Trinajstić information content (AvgIpc) is 2.84. The fraction of sp³-hybridized carbons (Fsp3) is 0.833. The molecule has 2 aliphatic heterocycles. The van der Waals surface area contributed by atoms with Gasteiger partial charge in [-0.2, -0.15) is 11.8 Å². The molecule has 0 aliphatic carbocycles. The Kier molecular flexibility index (Phi) is 4.88. The molecule has 2 heterocycles. The Bertz CT molecular complexity index is 318. The lowest BCUT2D eigenvalue weighted by Crippen LogP contribution is -2.51. The van der Waals surface area contributed by atoms with Crippen LogP contribution in [0, 0.1) is 0 Å². The Hall–Kier alpha value is -0.750. The summed E-state index contributed by atoms with van der Waals surface area (Å²) in [6.07, 6.45) is 2.47. The molecule has 1 atom stereocenters. The smallest absolute Gasteiger partial charge is 0.236 e. The molecule has 2 rings (SSSR count). The van der Waals surface area contributed by atoms with Gasteiger partial charge in [-0.25, -0.2) is 0 Å². The van der Waals surface area contributed by atoms with E-state index in [0.29, 0.717) is 24.9 Å². The summed E-state index contributed by atoms with van der Waals surface area (Å²) >= 11 is 1.94. The van der Waals surface area contributed by atoms with Crippen LogP contribution in [0.5, 0.6) is 0 Å². The van der Waals surface area contributed by atoms with Crippen molar-refractivity contribution < 1.29 is 9.59 Å². The number of thioether (sulfide) groups is 1. The second-order valence-corrected chi connectivity index (χ2v) is 6.37. The number of hydrogen-bond donors (Lipinski definition) is 1. The van der Waals surface area contributed by atoms with Gasteiger partial charge in [0.15, 0.2) is 0 Å². The van der Waals surface area contributed by atoms with Gasteiger partial charge in [0.05, 0.1) is 13.1 Å². The normalized spacial score (nSPS) is 25.5. The quantitative estimate of drug-likeness (QED) is 0.767. The first-order chi connectivity index (χ1) is 8.65. The Labute approximate surface area is 112 Å². The largest absolute Gasteiger partial charge is 0.354 e. The summed E-state index contributed by atoms with van der Waals surface area (Å²) in [6.45, 7) is 2.97. The molecule has 5 nitrogen and oxygen atoms in total. The molecule has 0 radical (unpaired) electrons. The SMILES string of the molecule is CN1CCN(CC(=O)NC[C@@H]2CCCS2)CC1=O. The molecule has 0 bridgehead atoms. The van der Waals surface area contributed by atoms with Gasteiger partial charge >= 0.3 is 0 Å². The van der Waals surface area contributed by atoms with E-state index in [2.05, 4.69) is 5.32 Å². The summed E-state index contributed by atoms with van der Waals surface area (Å²) in [6, 6.07) is 0. The van der Waals surface area contributed by atoms with Crippen molar-refractivity contribution in [3.8, 4) is 0 Å². The average molecular weight is 271 g/mol. The molecular formula is C12H21N3O2S. The predicted molar refractivity (Wildman–Crippen MR) is 72.6 cm³/mol. The lowest BCUT2D eigenvalue weighted by atomic mass is 10.2. The van der Waals surface area contributed by atoms with E-state index < -0.39 is 0 Å². The molecule has 2 fully saturated rings. The monoisotopic (exact) mass is 271 g/mol. The van der Waals surface area contributed by atoms with Crippen LogP contribution in [0.2, 0.25) is 0 Å². The van der Waals surface area contributed by atoms with Crippen molar-refractivity contribution >= 4 is 23.6 Å². The lowest BCUT2D eigenvalue weighted by molar-refractivity contribution is -0.135. The predicted octanol–water partition coefficient (Wildman–Crippen LogP) is -0.228. The number of carbonyl (C=O) groups excluding carboxylic acids is 2. The van der Waals surface area contributed by atoms with Crippen molar-refractivity contribution in [1.82, 2.24) is 15.1 Å². The van der Waals surface area contributed by atoms with Gasteiger partial charge in [-0.05, 0) is 18.6 Å². The molecule has 102 valence electrons. The van der Waals surface area contributed by atoms with Gasteiger partial charge in [0.1, 0.15) is 0 Å². The van der Waals surface area contributed by atoms with Crippen molar-refractivity contribution in [2.24, 2.45) is 0 Å². The number of nitrogens with zero attached hydrogens (tertiary/aromatic N) is 2. The zero-order valence-corrected chi connectivity index (χ0v) is 11.7. The molecule has 2 amide bonds. The Balaban J connectivity index is 1.66. The third kappa shape index (κ3) is 3.88. The second kappa shape index (κ2) is 6.43. The Morgan fingerprint density at radius 1 is 1.50 bits per heavy atom. The molecule has 2 aliphatic rings. The number of piperazine rings is 1. The molecule has 0 unspecified atom stereocenters. The number of rotatable bonds is 4. The first kappa shape index (κ1) is 13.7. The standard InChI is InChI=1S/C12H21N3O2S/c1-14-4-5-15(9-12(14)17)8-11(16)13-7-10-3-2-6-18-10/h10H,2-9H2,1H3,(H,13,16)/t10-/m0/s1. The van der Waals surface area contributed by atoms with Crippen molar-refractivity contribution in [2.75, 3.05) is 45.5 Å². The minimum absolute atomic E-state index is 0.0415. The highest BCUT2D eigenvalue weighted by Gasteiger charge is 2.23. The minimum Gasteiger partial charge on any atom is -0.354 e. The summed E-state index contributed by atoms with van der Waals surface area (Å²) in [5.74, 6) is 1.35. The van der Waals surface area contributed by atoms with E-state index in [9.17, 15) is 9.59 Å². The fourth-order valence-electron chi connectivity index (χ4n) is 2.23. The van der Waals surface area contributed by atoms with Gasteiger partial charge < -0.3 is 10.2 Å². The summed E-state index contributed by atoms with van der Waals surface area (Å²) in [4.78, 5) is 26.9. The van der Waals surface area contributed by atoms with Gasteiger partial charge in [-0.1, -0.05) is 0 Å². The van der Waals surface area contributed by atoms with Crippen LogP contribution in [-0.4, -0.2) is 72.4 Å². The number of nitrogens with one attached hydrogen (secondary N) is 1. The molecule has 18 heavy (non-hydrogen) atoms. The van der Waals surface area contributed by atoms with Crippen molar-refractivity contribution in [2.45, 2.75) is 18.1 Å². The number of hydrogen-bond acceptors (Lipinski definition) is 4. The molecule has 0 aromatic rings. The van der Waals surface area contributed by atoms with Crippen LogP contribution in [0.4, 0.5) is 0 Å². The van der Waals surface area contributed by atoms with Gasteiger partial charge in [0.25, 0.3) is 0 Å². The van der Waals surface area contributed by atoms with E-state index >= 15 is 0 Å². The maximum atomic E-state index is 11.8. The zero-order chi connectivity index (χ0) is 13.0. The molecule has 0 aromatic carbocycles. The maximum absolute atomic E-state index is 11.8. The molecular weight excluding hydrogens is 250 g/mol. The van der Waals surface area contributed by atoms with E-state index in [-0.39, 0.29) is 11.8 Å². The first-order valence-electron chi connectivity index (χ1n) is 6.50. The minimum atomic E-state index is 0.0415. The molecule has 1 N–H and O–H groups in total. The first-order valence-corrected chi connectivity index (χ1v) is 7.54. The highest BCUT2D eigenvalue weighted by atomic mass is 32.2. The molecule has 2 saturated heterocycles. The third-order valence-electron chi connectivity index (χ3n) is 3.45. The van der Waals surface area contributed by atoms with E-state index in [0.717, 1.165) is 13.1 Å². The van der Waals surface area contributed by atoms with Crippen LogP contribution in [0.3, 0.4) is 0 Å². The van der Waals surface area contributed by atoms with E-state index in [1.54, 1.807) is 11.9 Å². The van der Waals surface area contributed by atoms with Crippen LogP contribution in [0.15, 0.2) is 0 Å². The van der Waals surface area contributed by atoms with Crippen LogP contribution in [-0.2, 0) is 9.59 Å². The van der Waals surface area contributed by atoms with E-state index in [4.69, 9.17) is 0 Å². The third-order valence-corrected chi connectivity index (χ3v) is 4.85. The van der Waals surface area contributed by atoms with Gasteiger partial charge in [0, 0.05) is 31.9 Å². The summed E-state index contributed by atoms with van der Waals surface area (Å²) in [7, 11) is 1.80.